The summed E-state index contributed by atoms with van der Waals surface area (Å²) >= 11 is 0. The molecular formula is C45H90Na2O13S2. The van der Waals surface area contributed by atoms with Crippen LogP contribution < -0.4 is 59.1 Å². The van der Waals surface area contributed by atoms with E-state index < -0.39 is 50.1 Å². The van der Waals surface area contributed by atoms with Crippen LogP contribution in [0.1, 0.15) is 188 Å². The van der Waals surface area contributed by atoms with Crippen molar-refractivity contribution in [2.24, 2.45) is 0 Å². The molecule has 0 bridgehead atoms. The molecule has 0 saturated heterocycles. The molecule has 362 valence electrons. The fraction of sp³-hybridized carbons (Fsp3) is 1.00. The molecule has 0 N–H and O–H groups in total. The van der Waals surface area contributed by atoms with Crippen LogP contribution in [0.5, 0.6) is 0 Å². The summed E-state index contributed by atoms with van der Waals surface area (Å²) in [4.78, 5) is 0. The molecule has 0 aliphatic heterocycles. The number of hydrogen-bond donors (Lipinski definition) is 0. The van der Waals surface area contributed by atoms with Crippen LogP contribution in [0.25, 0.3) is 0 Å². The summed E-state index contributed by atoms with van der Waals surface area (Å²) in [6.07, 6.45) is 27.4. The molecule has 17 heteroatoms. The third kappa shape index (κ3) is 54.1. The van der Waals surface area contributed by atoms with Crippen LogP contribution in [0.4, 0.5) is 0 Å². The van der Waals surface area contributed by atoms with Crippen LogP contribution in [0.3, 0.4) is 0 Å². The van der Waals surface area contributed by atoms with E-state index >= 15 is 0 Å². The van der Waals surface area contributed by atoms with Gasteiger partial charge in [-0.1, -0.05) is 156 Å². The molecule has 0 aliphatic carbocycles. The first-order chi connectivity index (χ1) is 29.0. The fourth-order valence-electron chi connectivity index (χ4n) is 6.64. The van der Waals surface area contributed by atoms with E-state index in [9.17, 15) is 25.9 Å². The molecular weight excluding hydrogens is 859 g/mol. The molecule has 0 aromatic carbocycles. The summed E-state index contributed by atoms with van der Waals surface area (Å²) in [5, 5.41) is 0. The van der Waals surface area contributed by atoms with Crippen molar-refractivity contribution >= 4 is 20.2 Å². The zero-order valence-corrected chi connectivity index (χ0v) is 46.1. The Morgan fingerprint density at radius 3 is 0.887 bits per heavy atom. The summed E-state index contributed by atoms with van der Waals surface area (Å²) in [5.74, 6) is -0.994. The van der Waals surface area contributed by atoms with Gasteiger partial charge < -0.3 is 42.3 Å². The largest absolute Gasteiger partial charge is 1.00 e. The van der Waals surface area contributed by atoms with Crippen LogP contribution in [0.15, 0.2) is 0 Å². The van der Waals surface area contributed by atoms with Crippen molar-refractivity contribution in [3.63, 3.8) is 0 Å². The Morgan fingerprint density at radius 1 is 0.323 bits per heavy atom. The van der Waals surface area contributed by atoms with Gasteiger partial charge in [0, 0.05) is 44.5 Å². The van der Waals surface area contributed by atoms with E-state index in [2.05, 4.69) is 20.8 Å². The Balaban J connectivity index is -0.0000174. The molecule has 0 amide bonds. The van der Waals surface area contributed by atoms with Gasteiger partial charge in [-0.15, -0.1) is 0 Å². The molecule has 0 fully saturated rings. The van der Waals surface area contributed by atoms with Gasteiger partial charge in [0.2, 0.25) is 0 Å². The monoisotopic (exact) mass is 949 g/mol. The molecule has 62 heavy (non-hydrogen) atoms. The maximum atomic E-state index is 11.2. The Morgan fingerprint density at radius 2 is 0.581 bits per heavy atom. The second kappa shape index (κ2) is 50.4. The predicted molar refractivity (Wildman–Crippen MR) is 239 cm³/mol. The molecule has 0 aromatic heterocycles. The quantitative estimate of drug-likeness (QED) is 0.0492. The molecule has 0 aliphatic rings. The predicted octanol–water partition coefficient (Wildman–Crippen LogP) is 3.51. The van der Waals surface area contributed by atoms with Crippen LogP contribution in [-0.2, 0) is 53.4 Å². The van der Waals surface area contributed by atoms with Gasteiger partial charge in [-0.3, -0.25) is 0 Å². The zero-order valence-electron chi connectivity index (χ0n) is 40.4. The number of unbranched alkanes of at least 4 members (excludes halogenated alkanes) is 21. The summed E-state index contributed by atoms with van der Waals surface area (Å²) in [5.41, 5.74) is 0. The van der Waals surface area contributed by atoms with Crippen LogP contribution in [0.2, 0.25) is 0 Å². The molecule has 0 aromatic rings. The van der Waals surface area contributed by atoms with Crippen molar-refractivity contribution in [2.75, 3.05) is 84.2 Å². The summed E-state index contributed by atoms with van der Waals surface area (Å²) < 4.78 is 109. The maximum absolute atomic E-state index is 11.2. The summed E-state index contributed by atoms with van der Waals surface area (Å²) in [6, 6.07) is 0. The summed E-state index contributed by atoms with van der Waals surface area (Å²) in [6.45, 7) is 9.93. The molecule has 3 atom stereocenters. The smallest absolute Gasteiger partial charge is 0.748 e. The molecule has 0 heterocycles. The van der Waals surface area contributed by atoms with Gasteiger partial charge in [0.25, 0.3) is 0 Å². The van der Waals surface area contributed by atoms with Gasteiger partial charge in [-0.25, -0.2) is 16.8 Å². The molecule has 0 spiro atoms. The molecule has 3 unspecified atom stereocenters. The molecule has 13 nitrogen and oxygen atoms in total. The molecule has 0 saturated carbocycles. The average Bonchev–Trinajstić information content (AvgIpc) is 3.20. The third-order valence-electron chi connectivity index (χ3n) is 10.2. The topological polar surface area (TPSA) is 179 Å². The second-order valence-corrected chi connectivity index (χ2v) is 19.4. The van der Waals surface area contributed by atoms with E-state index in [0.717, 1.165) is 38.5 Å². The first-order valence-electron chi connectivity index (χ1n) is 24.0. The Bertz CT molecular complexity index is 1110. The Hall–Kier alpha value is 1.54. The van der Waals surface area contributed by atoms with Gasteiger partial charge in [-0.2, -0.15) is 0 Å². The fourth-order valence-corrected chi connectivity index (χ4v) is 7.58. The van der Waals surface area contributed by atoms with Gasteiger partial charge in [-0.05, 0) is 32.1 Å². The van der Waals surface area contributed by atoms with Crippen LogP contribution >= 0.6 is 0 Å². The van der Waals surface area contributed by atoms with Crippen molar-refractivity contribution in [1.82, 2.24) is 0 Å². The minimum Gasteiger partial charge on any atom is -0.748 e. The number of hydrogen-bond acceptors (Lipinski definition) is 13. The van der Waals surface area contributed by atoms with Gasteiger partial charge in [0.05, 0.1) is 59.9 Å². The third-order valence-corrected chi connectivity index (χ3v) is 11.8. The van der Waals surface area contributed by atoms with Crippen molar-refractivity contribution in [3.8, 4) is 0 Å². The number of rotatable bonds is 50. The van der Waals surface area contributed by atoms with Crippen molar-refractivity contribution in [2.45, 2.75) is 206 Å². The zero-order chi connectivity index (χ0) is 44.3. The standard InChI is InChI=1S/C45H92O13S2.2Na/c1-4-7-10-13-16-19-22-25-30-52-37-43(56-33-28-35-59(46,47)48)40-55-41-44(38-53-31-26-23-20-17-14-11-8-5-2)58-42-45(57-34-29-36-60(49,50)51)39-54-32-27-24-21-18-15-12-9-6-3;;/h43-45H,4-42H2,1-3H3,(H,46,47,48)(H,49,50,51);;/q;2*+1/p-2. The average molecular weight is 949 g/mol. The van der Waals surface area contributed by atoms with Gasteiger partial charge in [0.1, 0.15) is 18.3 Å². The van der Waals surface area contributed by atoms with Gasteiger partial charge in [0.15, 0.2) is 0 Å². The first kappa shape index (κ1) is 67.8. The first-order valence-corrected chi connectivity index (χ1v) is 27.2. The SMILES string of the molecule is CCCCCCCCCCOCC(COCC(COCCCCCCCCCC)OCC(COCCCCCCCCCC)OCCCS(=O)(=O)[O-])OCCCS(=O)(=O)[O-].[Na+].[Na+]. The van der Waals surface area contributed by atoms with Crippen LogP contribution in [-0.4, -0.2) is 128 Å². The van der Waals surface area contributed by atoms with Crippen molar-refractivity contribution in [3.05, 3.63) is 0 Å². The van der Waals surface area contributed by atoms with E-state index in [1.807, 2.05) is 0 Å². The Kier molecular flexibility index (Phi) is 55.1. The molecule has 0 rings (SSSR count). The second-order valence-electron chi connectivity index (χ2n) is 16.4. The van der Waals surface area contributed by atoms with Crippen molar-refractivity contribution in [1.29, 1.82) is 0 Å². The Labute approximate surface area is 425 Å². The van der Waals surface area contributed by atoms with E-state index in [1.54, 1.807) is 0 Å². The van der Waals surface area contributed by atoms with E-state index in [4.69, 9.17) is 33.2 Å². The van der Waals surface area contributed by atoms with Crippen LogP contribution in [0, 0.1) is 0 Å². The van der Waals surface area contributed by atoms with E-state index in [-0.39, 0.29) is 118 Å². The normalized spacial score (nSPS) is 13.4. The van der Waals surface area contributed by atoms with E-state index in [0.29, 0.717) is 26.4 Å². The van der Waals surface area contributed by atoms with E-state index in [1.165, 1.54) is 116 Å². The van der Waals surface area contributed by atoms with Gasteiger partial charge >= 0.3 is 59.1 Å². The van der Waals surface area contributed by atoms with Crippen molar-refractivity contribution < 1.29 is 118 Å². The number of ether oxygens (including phenoxy) is 7. The maximum Gasteiger partial charge on any atom is 1.00 e. The minimum absolute atomic E-state index is 0. The minimum atomic E-state index is -4.34. The molecule has 0 radical (unpaired) electrons. The summed E-state index contributed by atoms with van der Waals surface area (Å²) in [7, 11) is -8.68.